The van der Waals surface area contributed by atoms with E-state index in [-0.39, 0.29) is 25.0 Å². The molecule has 0 bridgehead atoms. The van der Waals surface area contributed by atoms with E-state index < -0.39 is 40.0 Å². The summed E-state index contributed by atoms with van der Waals surface area (Å²) in [6.45, 7) is 10.1. The van der Waals surface area contributed by atoms with Crippen molar-refractivity contribution in [3.05, 3.63) is 0 Å². The van der Waals surface area contributed by atoms with Gasteiger partial charge in [-0.05, 0) is 34.1 Å². The van der Waals surface area contributed by atoms with Crippen molar-refractivity contribution in [2.24, 2.45) is 5.92 Å². The molecular formula is C18H29NO7S. The molecule has 0 heterocycles. The fourth-order valence-corrected chi connectivity index (χ4v) is 3.08. The lowest BCUT2D eigenvalue weighted by Gasteiger charge is -2.32. The topological polar surface area (TPSA) is 116 Å². The van der Waals surface area contributed by atoms with Crippen molar-refractivity contribution >= 4 is 40.5 Å². The molecule has 0 radical (unpaired) electrons. The number of Topliss-reactive ketones (excluding diaryl/α,β-unsaturated/α-hetero) is 1. The van der Waals surface area contributed by atoms with Crippen LogP contribution in [0.4, 0.5) is 0 Å². The first kappa shape index (κ1) is 25.1. The maximum Gasteiger partial charge on any atom is 0.375 e. The summed E-state index contributed by atoms with van der Waals surface area (Å²) in [5.41, 5.74) is 0. The Kier molecular flexibility index (Phi) is 10.9. The van der Waals surface area contributed by atoms with Gasteiger partial charge >= 0.3 is 11.9 Å². The van der Waals surface area contributed by atoms with Gasteiger partial charge in [-0.25, -0.2) is 9.59 Å². The van der Waals surface area contributed by atoms with Gasteiger partial charge < -0.3 is 14.8 Å². The van der Waals surface area contributed by atoms with Crippen LogP contribution in [0.3, 0.4) is 0 Å². The molecule has 2 atom stereocenters. The normalized spacial score (nSPS) is 13.3. The minimum atomic E-state index is -1.10. The molecule has 9 heteroatoms. The second kappa shape index (κ2) is 11.7. The van der Waals surface area contributed by atoms with Crippen molar-refractivity contribution < 1.29 is 33.4 Å². The molecule has 0 aromatic carbocycles. The number of amides is 1. The van der Waals surface area contributed by atoms with Gasteiger partial charge in [0.2, 0.25) is 11.7 Å². The molecule has 27 heavy (non-hydrogen) atoms. The zero-order valence-corrected chi connectivity index (χ0v) is 17.6. The third-order valence-corrected chi connectivity index (χ3v) is 4.88. The van der Waals surface area contributed by atoms with Crippen molar-refractivity contribution in [1.82, 2.24) is 5.32 Å². The van der Waals surface area contributed by atoms with E-state index in [9.17, 15) is 24.0 Å². The second-order valence-corrected chi connectivity index (χ2v) is 8.11. The van der Waals surface area contributed by atoms with Crippen LogP contribution in [-0.4, -0.2) is 52.7 Å². The molecule has 1 amide bonds. The fourth-order valence-electron chi connectivity index (χ4n) is 2.02. The highest BCUT2D eigenvalue weighted by atomic mass is 32.2. The van der Waals surface area contributed by atoms with E-state index in [1.807, 2.05) is 6.92 Å². The van der Waals surface area contributed by atoms with Crippen LogP contribution in [0.5, 0.6) is 0 Å². The number of ketones is 1. The number of rotatable bonds is 11. The van der Waals surface area contributed by atoms with Crippen LogP contribution >= 0.6 is 11.8 Å². The molecule has 154 valence electrons. The molecule has 8 nitrogen and oxygen atoms in total. The van der Waals surface area contributed by atoms with Gasteiger partial charge in [-0.2, -0.15) is 0 Å². The smallest absolute Gasteiger partial charge is 0.375 e. The third-order valence-electron chi connectivity index (χ3n) is 3.75. The van der Waals surface area contributed by atoms with Crippen molar-refractivity contribution in [3.8, 4) is 0 Å². The van der Waals surface area contributed by atoms with Gasteiger partial charge in [0, 0.05) is 10.7 Å². The summed E-state index contributed by atoms with van der Waals surface area (Å²) in [6, 6.07) is -1.09. The van der Waals surface area contributed by atoms with Crippen LogP contribution in [-0.2, 0) is 33.4 Å². The number of carbonyl (C=O) groups excluding carboxylic acids is 5. The van der Waals surface area contributed by atoms with Gasteiger partial charge in [0.25, 0.3) is 0 Å². The Hall–Kier alpha value is -1.90. The molecule has 0 aliphatic heterocycles. The highest BCUT2D eigenvalue weighted by Gasteiger charge is 2.41. The van der Waals surface area contributed by atoms with Crippen molar-refractivity contribution in [2.45, 2.75) is 65.2 Å². The lowest BCUT2D eigenvalue weighted by molar-refractivity contribution is -0.154. The molecule has 0 aromatic heterocycles. The summed E-state index contributed by atoms with van der Waals surface area (Å²) in [6.07, 6.45) is -0.0658. The van der Waals surface area contributed by atoms with Gasteiger partial charge in [0.05, 0.1) is 19.6 Å². The minimum Gasteiger partial charge on any atom is -0.464 e. The molecule has 0 aliphatic rings. The van der Waals surface area contributed by atoms with E-state index in [4.69, 9.17) is 4.74 Å². The molecule has 1 N–H and O–H groups in total. The van der Waals surface area contributed by atoms with Gasteiger partial charge in [0.15, 0.2) is 5.12 Å². The predicted octanol–water partition coefficient (Wildman–Crippen LogP) is 1.64. The monoisotopic (exact) mass is 403 g/mol. The summed E-state index contributed by atoms with van der Waals surface area (Å²) < 4.78 is 8.48. The predicted molar refractivity (Wildman–Crippen MR) is 101 cm³/mol. The van der Waals surface area contributed by atoms with Gasteiger partial charge in [-0.3, -0.25) is 14.4 Å². The Bertz CT molecular complexity index is 574. The van der Waals surface area contributed by atoms with E-state index in [0.717, 1.165) is 0 Å². The van der Waals surface area contributed by atoms with Crippen molar-refractivity contribution in [2.75, 3.05) is 13.2 Å². The van der Waals surface area contributed by atoms with Crippen LogP contribution in [0.25, 0.3) is 0 Å². The molecule has 0 saturated carbocycles. The summed E-state index contributed by atoms with van der Waals surface area (Å²) in [5, 5.41) is 2.02. The molecule has 2 unspecified atom stereocenters. The summed E-state index contributed by atoms with van der Waals surface area (Å²) >= 11 is 0.706. The molecule has 0 fully saturated rings. The van der Waals surface area contributed by atoms with E-state index in [1.165, 1.54) is 0 Å². The second-order valence-electron chi connectivity index (χ2n) is 6.40. The Morgan fingerprint density at radius 3 is 2.04 bits per heavy atom. The SMILES string of the molecule is CCOC(=O)C(=O)CC(=O)SC(C)(C)C(NC(=O)C(C)CC)C(=O)OCC. The maximum absolute atomic E-state index is 12.3. The van der Waals surface area contributed by atoms with Crippen LogP contribution in [0.15, 0.2) is 0 Å². The van der Waals surface area contributed by atoms with Crippen molar-refractivity contribution in [3.63, 3.8) is 0 Å². The lowest BCUT2D eigenvalue weighted by Crippen LogP contribution is -2.54. The largest absolute Gasteiger partial charge is 0.464 e. The summed E-state index contributed by atoms with van der Waals surface area (Å²) in [7, 11) is 0. The molecule has 0 aromatic rings. The molecule has 0 saturated heterocycles. The first-order valence-corrected chi connectivity index (χ1v) is 9.70. The number of carbonyl (C=O) groups is 5. The minimum absolute atomic E-state index is 0.0317. The molecule has 0 rings (SSSR count). The Morgan fingerprint density at radius 1 is 1.00 bits per heavy atom. The molecule has 0 aliphatic carbocycles. The first-order chi connectivity index (χ1) is 12.5. The van der Waals surface area contributed by atoms with E-state index in [1.54, 1.807) is 34.6 Å². The van der Waals surface area contributed by atoms with Gasteiger partial charge in [0.1, 0.15) is 6.04 Å². The highest BCUT2D eigenvalue weighted by Crippen LogP contribution is 2.31. The standard InChI is InChI=1S/C18H29NO7S/c1-7-11(4)15(22)19-14(17(24)26-9-3)18(5,6)27-13(21)10-12(20)16(23)25-8-2/h11,14H,7-10H2,1-6H3,(H,19,22). The first-order valence-electron chi connectivity index (χ1n) is 8.88. The number of thioether (sulfide) groups is 1. The van der Waals surface area contributed by atoms with Gasteiger partial charge in [-0.1, -0.05) is 25.6 Å². The fraction of sp³-hybridized carbons (Fsp3) is 0.722. The third kappa shape index (κ3) is 8.55. The van der Waals surface area contributed by atoms with Crippen LogP contribution < -0.4 is 5.32 Å². The highest BCUT2D eigenvalue weighted by molar-refractivity contribution is 8.14. The maximum atomic E-state index is 12.3. The zero-order valence-electron chi connectivity index (χ0n) is 16.7. The zero-order chi connectivity index (χ0) is 21.2. The van der Waals surface area contributed by atoms with Gasteiger partial charge in [-0.15, -0.1) is 0 Å². The van der Waals surface area contributed by atoms with E-state index in [0.29, 0.717) is 18.2 Å². The van der Waals surface area contributed by atoms with E-state index >= 15 is 0 Å². The number of esters is 2. The lowest BCUT2D eigenvalue weighted by atomic mass is 10.0. The summed E-state index contributed by atoms with van der Waals surface area (Å²) in [4.78, 5) is 59.8. The number of hydrogen-bond acceptors (Lipinski definition) is 8. The quantitative estimate of drug-likeness (QED) is 0.314. The van der Waals surface area contributed by atoms with E-state index in [2.05, 4.69) is 10.1 Å². The van der Waals surface area contributed by atoms with Crippen molar-refractivity contribution in [1.29, 1.82) is 0 Å². The Labute approximate surface area is 164 Å². The molecule has 0 spiro atoms. The van der Waals surface area contributed by atoms with Crippen LogP contribution in [0.2, 0.25) is 0 Å². The summed E-state index contributed by atoms with van der Waals surface area (Å²) in [5.74, 6) is -3.35. The number of ether oxygens (including phenoxy) is 2. The average molecular weight is 403 g/mol. The molecular weight excluding hydrogens is 374 g/mol. The number of hydrogen-bond donors (Lipinski definition) is 1. The number of nitrogens with one attached hydrogen (secondary N) is 1. The van der Waals surface area contributed by atoms with Crippen LogP contribution in [0, 0.1) is 5.92 Å². The Balaban J connectivity index is 5.23. The van der Waals surface area contributed by atoms with Crippen LogP contribution in [0.1, 0.15) is 54.4 Å². The average Bonchev–Trinajstić information content (AvgIpc) is 2.57. The Morgan fingerprint density at radius 2 is 1.56 bits per heavy atom.